The standard InChI is InChI=1S/C15H22N4/c1-11-6-9-17-13-12(11)18-14(19-13)15(10-16)7-4-2-3-5-8-15/h6,9H,2-5,7-8,10,16H2,1H3,(H,17,18,19). The van der Waals surface area contributed by atoms with E-state index in [-0.39, 0.29) is 5.41 Å². The first-order chi connectivity index (χ1) is 9.25. The Morgan fingerprint density at radius 2 is 2.00 bits per heavy atom. The number of fused-ring (bicyclic) bond motifs is 1. The Morgan fingerprint density at radius 3 is 2.63 bits per heavy atom. The Kier molecular flexibility index (Phi) is 3.27. The van der Waals surface area contributed by atoms with Crippen molar-refractivity contribution in [1.82, 2.24) is 15.0 Å². The van der Waals surface area contributed by atoms with Crippen molar-refractivity contribution in [2.75, 3.05) is 6.54 Å². The van der Waals surface area contributed by atoms with Crippen molar-refractivity contribution < 1.29 is 0 Å². The Labute approximate surface area is 113 Å². The molecule has 0 saturated heterocycles. The summed E-state index contributed by atoms with van der Waals surface area (Å²) in [6.45, 7) is 2.76. The molecular weight excluding hydrogens is 236 g/mol. The van der Waals surface area contributed by atoms with Gasteiger partial charge >= 0.3 is 0 Å². The van der Waals surface area contributed by atoms with E-state index in [1.807, 2.05) is 12.3 Å². The molecule has 19 heavy (non-hydrogen) atoms. The number of aromatic nitrogens is 3. The highest BCUT2D eigenvalue weighted by molar-refractivity contribution is 5.74. The van der Waals surface area contributed by atoms with Gasteiger partial charge in [-0.05, 0) is 31.4 Å². The summed E-state index contributed by atoms with van der Waals surface area (Å²) in [5, 5.41) is 0. The third-order valence-electron chi connectivity index (χ3n) is 4.55. The lowest BCUT2D eigenvalue weighted by atomic mass is 9.79. The summed E-state index contributed by atoms with van der Waals surface area (Å²) in [6, 6.07) is 2.02. The summed E-state index contributed by atoms with van der Waals surface area (Å²) in [5.41, 5.74) is 9.24. The molecule has 2 aromatic heterocycles. The highest BCUT2D eigenvalue weighted by atomic mass is 15.0. The van der Waals surface area contributed by atoms with Gasteiger partial charge in [0.15, 0.2) is 5.65 Å². The van der Waals surface area contributed by atoms with E-state index < -0.39 is 0 Å². The molecule has 0 amide bonds. The number of rotatable bonds is 2. The van der Waals surface area contributed by atoms with Crippen molar-refractivity contribution in [3.8, 4) is 0 Å². The Balaban J connectivity index is 2.07. The van der Waals surface area contributed by atoms with Crippen LogP contribution in [0.15, 0.2) is 12.3 Å². The Hall–Kier alpha value is -1.42. The van der Waals surface area contributed by atoms with Gasteiger partial charge in [-0.25, -0.2) is 9.97 Å². The molecule has 2 aromatic rings. The fraction of sp³-hybridized carbons (Fsp3) is 0.600. The number of imidazole rings is 1. The van der Waals surface area contributed by atoms with Gasteiger partial charge in [0.05, 0.1) is 5.52 Å². The lowest BCUT2D eigenvalue weighted by Crippen LogP contribution is -2.35. The van der Waals surface area contributed by atoms with Crippen molar-refractivity contribution in [3.63, 3.8) is 0 Å². The number of pyridine rings is 1. The van der Waals surface area contributed by atoms with Crippen LogP contribution in [0.5, 0.6) is 0 Å². The first-order valence-electron chi connectivity index (χ1n) is 7.27. The SMILES string of the molecule is Cc1ccnc2nc(C3(CN)CCCCCC3)[nH]c12. The average Bonchev–Trinajstić information content (AvgIpc) is 2.72. The van der Waals surface area contributed by atoms with Crippen LogP contribution in [-0.4, -0.2) is 21.5 Å². The van der Waals surface area contributed by atoms with E-state index in [2.05, 4.69) is 16.9 Å². The van der Waals surface area contributed by atoms with E-state index in [9.17, 15) is 0 Å². The van der Waals surface area contributed by atoms with Gasteiger partial charge in [-0.1, -0.05) is 25.7 Å². The van der Waals surface area contributed by atoms with Crippen molar-refractivity contribution in [1.29, 1.82) is 0 Å². The molecule has 0 spiro atoms. The van der Waals surface area contributed by atoms with Gasteiger partial charge in [0.2, 0.25) is 0 Å². The first-order valence-corrected chi connectivity index (χ1v) is 7.27. The van der Waals surface area contributed by atoms with Gasteiger partial charge in [0.25, 0.3) is 0 Å². The molecule has 0 aliphatic heterocycles. The monoisotopic (exact) mass is 258 g/mol. The smallest absolute Gasteiger partial charge is 0.177 e. The molecule has 1 aliphatic rings. The van der Waals surface area contributed by atoms with Gasteiger partial charge < -0.3 is 10.7 Å². The van der Waals surface area contributed by atoms with Crippen molar-refractivity contribution in [2.45, 2.75) is 50.9 Å². The number of aryl methyl sites for hydroxylation is 1. The number of aromatic amines is 1. The minimum atomic E-state index is 0.0314. The van der Waals surface area contributed by atoms with Crippen LogP contribution in [0.2, 0.25) is 0 Å². The minimum absolute atomic E-state index is 0.0314. The van der Waals surface area contributed by atoms with Gasteiger partial charge in [-0.3, -0.25) is 0 Å². The molecule has 0 bridgehead atoms. The van der Waals surface area contributed by atoms with Crippen LogP contribution < -0.4 is 5.73 Å². The third kappa shape index (κ3) is 2.14. The molecule has 0 aromatic carbocycles. The second-order valence-corrected chi connectivity index (χ2v) is 5.81. The van der Waals surface area contributed by atoms with Crippen molar-refractivity contribution >= 4 is 11.2 Å². The summed E-state index contributed by atoms with van der Waals surface area (Å²) >= 11 is 0. The summed E-state index contributed by atoms with van der Waals surface area (Å²) in [4.78, 5) is 12.6. The van der Waals surface area contributed by atoms with Crippen LogP contribution in [0.25, 0.3) is 11.2 Å². The summed E-state index contributed by atoms with van der Waals surface area (Å²) in [6.07, 6.45) is 9.25. The highest BCUT2D eigenvalue weighted by Crippen LogP contribution is 2.36. The maximum absolute atomic E-state index is 6.12. The molecule has 2 heterocycles. The maximum Gasteiger partial charge on any atom is 0.177 e. The van der Waals surface area contributed by atoms with Gasteiger partial charge in [0.1, 0.15) is 5.82 Å². The van der Waals surface area contributed by atoms with Gasteiger partial charge in [-0.15, -0.1) is 0 Å². The van der Waals surface area contributed by atoms with Crippen LogP contribution in [0.1, 0.15) is 49.9 Å². The van der Waals surface area contributed by atoms with E-state index in [0.29, 0.717) is 6.54 Å². The average molecular weight is 258 g/mol. The number of nitrogens with zero attached hydrogens (tertiary/aromatic N) is 2. The van der Waals surface area contributed by atoms with E-state index in [1.54, 1.807) is 0 Å². The molecule has 102 valence electrons. The second-order valence-electron chi connectivity index (χ2n) is 5.81. The maximum atomic E-state index is 6.12. The number of hydrogen-bond donors (Lipinski definition) is 2. The lowest BCUT2D eigenvalue weighted by Gasteiger charge is -2.28. The third-order valence-corrected chi connectivity index (χ3v) is 4.55. The quantitative estimate of drug-likeness (QED) is 0.814. The normalized spacial score (nSPS) is 19.5. The largest absolute Gasteiger partial charge is 0.340 e. The zero-order valence-corrected chi connectivity index (χ0v) is 11.6. The van der Waals surface area contributed by atoms with E-state index >= 15 is 0 Å². The van der Waals surface area contributed by atoms with E-state index in [0.717, 1.165) is 29.8 Å². The zero-order valence-electron chi connectivity index (χ0n) is 11.6. The number of nitrogens with two attached hydrogens (primary N) is 1. The van der Waals surface area contributed by atoms with Crippen LogP contribution in [-0.2, 0) is 5.41 Å². The van der Waals surface area contributed by atoms with E-state index in [4.69, 9.17) is 10.7 Å². The molecule has 4 heteroatoms. The van der Waals surface area contributed by atoms with Gasteiger partial charge in [0, 0.05) is 18.2 Å². The molecule has 1 saturated carbocycles. The number of H-pyrrole nitrogens is 1. The molecular formula is C15H22N4. The summed E-state index contributed by atoms with van der Waals surface area (Å²) in [5.74, 6) is 1.05. The molecule has 3 N–H and O–H groups in total. The Morgan fingerprint density at radius 1 is 1.26 bits per heavy atom. The van der Waals surface area contributed by atoms with Crippen LogP contribution in [0.3, 0.4) is 0 Å². The molecule has 0 unspecified atom stereocenters. The summed E-state index contributed by atoms with van der Waals surface area (Å²) in [7, 11) is 0. The predicted octanol–water partition coefficient (Wildman–Crippen LogP) is 2.82. The molecule has 3 rings (SSSR count). The second kappa shape index (κ2) is 4.93. The molecule has 0 atom stereocenters. The van der Waals surface area contributed by atoms with Crippen molar-refractivity contribution in [2.24, 2.45) is 5.73 Å². The van der Waals surface area contributed by atoms with Crippen molar-refractivity contribution in [3.05, 3.63) is 23.7 Å². The minimum Gasteiger partial charge on any atom is -0.340 e. The number of hydrogen-bond acceptors (Lipinski definition) is 3. The molecule has 0 radical (unpaired) electrons. The first kappa shape index (κ1) is 12.6. The highest BCUT2D eigenvalue weighted by Gasteiger charge is 2.34. The molecule has 4 nitrogen and oxygen atoms in total. The number of nitrogens with one attached hydrogen (secondary N) is 1. The topological polar surface area (TPSA) is 67.6 Å². The fourth-order valence-electron chi connectivity index (χ4n) is 3.23. The fourth-order valence-corrected chi connectivity index (χ4v) is 3.23. The van der Waals surface area contributed by atoms with Crippen LogP contribution in [0.4, 0.5) is 0 Å². The summed E-state index contributed by atoms with van der Waals surface area (Å²) < 4.78 is 0. The van der Waals surface area contributed by atoms with E-state index in [1.165, 1.54) is 31.2 Å². The van der Waals surface area contributed by atoms with Gasteiger partial charge in [-0.2, -0.15) is 0 Å². The molecule has 1 aliphatic carbocycles. The zero-order chi connectivity index (χ0) is 13.3. The molecule has 1 fully saturated rings. The Bertz CT molecular complexity index is 565. The van der Waals surface area contributed by atoms with Crippen LogP contribution in [0, 0.1) is 6.92 Å². The predicted molar refractivity (Wildman–Crippen MR) is 77.1 cm³/mol. The van der Waals surface area contributed by atoms with Crippen LogP contribution >= 0.6 is 0 Å². The lowest BCUT2D eigenvalue weighted by molar-refractivity contribution is 0.362.